The number of nitrogens with one attached hydrogen (secondary N) is 1. The van der Waals surface area contributed by atoms with Crippen molar-refractivity contribution in [3.05, 3.63) is 35.9 Å². The molecule has 0 fully saturated rings. The van der Waals surface area contributed by atoms with Gasteiger partial charge in [0.1, 0.15) is 6.54 Å². The Morgan fingerprint density at radius 2 is 1.80 bits per heavy atom. The number of carbonyl (C=O) groups excluding carboxylic acids is 1. The maximum atomic E-state index is 12.0. The van der Waals surface area contributed by atoms with Crippen LogP contribution in [-0.2, 0) is 11.3 Å². The van der Waals surface area contributed by atoms with E-state index in [-0.39, 0.29) is 12.6 Å². The van der Waals surface area contributed by atoms with E-state index in [4.69, 9.17) is 5.11 Å². The molecule has 6 nitrogen and oxygen atoms in total. The van der Waals surface area contributed by atoms with Crippen molar-refractivity contribution < 1.29 is 14.7 Å². The van der Waals surface area contributed by atoms with Crippen LogP contribution in [0.2, 0.25) is 0 Å². The van der Waals surface area contributed by atoms with E-state index in [2.05, 4.69) is 5.32 Å². The fourth-order valence-electron chi connectivity index (χ4n) is 1.62. The SMILES string of the molecule is CN(C)CCN(CC(=O)O)C(=O)NCc1ccccc1. The number of nitrogens with zero attached hydrogens (tertiary/aromatic N) is 2. The smallest absolute Gasteiger partial charge is 0.323 e. The van der Waals surface area contributed by atoms with Gasteiger partial charge in [-0.25, -0.2) is 4.79 Å². The van der Waals surface area contributed by atoms with E-state index in [0.29, 0.717) is 19.6 Å². The highest BCUT2D eigenvalue weighted by Crippen LogP contribution is 1.98. The highest BCUT2D eigenvalue weighted by Gasteiger charge is 2.16. The number of amides is 2. The Morgan fingerprint density at radius 3 is 2.35 bits per heavy atom. The Morgan fingerprint density at radius 1 is 1.15 bits per heavy atom. The number of likely N-dealkylation sites (N-methyl/N-ethyl adjacent to an activating group) is 1. The minimum Gasteiger partial charge on any atom is -0.480 e. The molecule has 1 aromatic rings. The van der Waals surface area contributed by atoms with Gasteiger partial charge >= 0.3 is 12.0 Å². The van der Waals surface area contributed by atoms with E-state index < -0.39 is 5.97 Å². The Bertz CT molecular complexity index is 435. The van der Waals surface area contributed by atoms with Crippen LogP contribution in [0.1, 0.15) is 5.56 Å². The second-order valence-electron chi connectivity index (χ2n) is 4.76. The molecule has 0 aliphatic carbocycles. The predicted molar refractivity (Wildman–Crippen MR) is 76.4 cm³/mol. The van der Waals surface area contributed by atoms with Crippen molar-refractivity contribution in [3.63, 3.8) is 0 Å². The summed E-state index contributed by atoms with van der Waals surface area (Å²) in [7, 11) is 3.75. The first kappa shape index (κ1) is 16.0. The van der Waals surface area contributed by atoms with Crippen LogP contribution >= 0.6 is 0 Å². The third-order valence-corrected chi connectivity index (χ3v) is 2.72. The summed E-state index contributed by atoms with van der Waals surface area (Å²) in [6, 6.07) is 9.13. The fraction of sp³-hybridized carbons (Fsp3) is 0.429. The first-order valence-corrected chi connectivity index (χ1v) is 6.42. The van der Waals surface area contributed by atoms with Gasteiger partial charge in [0.15, 0.2) is 0 Å². The lowest BCUT2D eigenvalue weighted by molar-refractivity contribution is -0.137. The molecule has 0 saturated carbocycles. The summed E-state index contributed by atoms with van der Waals surface area (Å²) in [5, 5.41) is 11.6. The van der Waals surface area contributed by atoms with Gasteiger partial charge in [0, 0.05) is 19.6 Å². The molecule has 0 atom stereocenters. The molecule has 1 aromatic carbocycles. The van der Waals surface area contributed by atoms with E-state index in [1.54, 1.807) is 0 Å². The Balaban J connectivity index is 2.51. The fourth-order valence-corrected chi connectivity index (χ4v) is 1.62. The molecule has 0 saturated heterocycles. The minimum atomic E-state index is -1.02. The molecule has 0 aliphatic rings. The van der Waals surface area contributed by atoms with Crippen molar-refractivity contribution in [1.29, 1.82) is 0 Å². The van der Waals surface area contributed by atoms with Gasteiger partial charge < -0.3 is 20.2 Å². The van der Waals surface area contributed by atoms with Gasteiger partial charge in [-0.1, -0.05) is 30.3 Å². The molecule has 0 radical (unpaired) electrons. The largest absolute Gasteiger partial charge is 0.480 e. The van der Waals surface area contributed by atoms with Gasteiger partial charge in [-0.3, -0.25) is 4.79 Å². The molecule has 0 spiro atoms. The topological polar surface area (TPSA) is 72.9 Å². The molecule has 0 aromatic heterocycles. The number of carboxylic acids is 1. The Labute approximate surface area is 119 Å². The van der Waals surface area contributed by atoms with Crippen LogP contribution in [-0.4, -0.2) is 60.6 Å². The van der Waals surface area contributed by atoms with Crippen molar-refractivity contribution in [3.8, 4) is 0 Å². The number of hydrogen-bond acceptors (Lipinski definition) is 3. The summed E-state index contributed by atoms with van der Waals surface area (Å²) in [5.74, 6) is -1.02. The first-order valence-electron chi connectivity index (χ1n) is 6.42. The molecular formula is C14H21N3O3. The minimum absolute atomic E-state index is 0.297. The number of carboxylic acid groups (broad SMARTS) is 1. The van der Waals surface area contributed by atoms with Crippen LogP contribution in [0, 0.1) is 0 Å². The zero-order valence-corrected chi connectivity index (χ0v) is 11.9. The summed E-state index contributed by atoms with van der Waals surface area (Å²) < 4.78 is 0. The van der Waals surface area contributed by atoms with E-state index in [0.717, 1.165) is 5.56 Å². The lowest BCUT2D eigenvalue weighted by Gasteiger charge is -2.23. The number of hydrogen-bond donors (Lipinski definition) is 2. The van der Waals surface area contributed by atoms with Crippen molar-refractivity contribution in [2.24, 2.45) is 0 Å². The van der Waals surface area contributed by atoms with Crippen molar-refractivity contribution in [2.45, 2.75) is 6.54 Å². The van der Waals surface area contributed by atoms with Crippen LogP contribution in [0.4, 0.5) is 4.79 Å². The van der Waals surface area contributed by atoms with Gasteiger partial charge in [-0.15, -0.1) is 0 Å². The number of aliphatic carboxylic acids is 1. The molecule has 2 amide bonds. The maximum Gasteiger partial charge on any atom is 0.323 e. The third-order valence-electron chi connectivity index (χ3n) is 2.72. The number of carbonyl (C=O) groups is 2. The summed E-state index contributed by atoms with van der Waals surface area (Å²) in [6.07, 6.45) is 0. The van der Waals surface area contributed by atoms with Crippen LogP contribution in [0.3, 0.4) is 0 Å². The van der Waals surface area contributed by atoms with Crippen molar-refractivity contribution in [2.75, 3.05) is 33.7 Å². The molecule has 0 unspecified atom stereocenters. The van der Waals surface area contributed by atoms with E-state index in [9.17, 15) is 9.59 Å². The number of rotatable bonds is 7. The molecule has 1 rings (SSSR count). The molecule has 2 N–H and O–H groups in total. The predicted octanol–water partition coefficient (Wildman–Crippen LogP) is 0.844. The van der Waals surface area contributed by atoms with Gasteiger partial charge in [0.25, 0.3) is 0 Å². The summed E-state index contributed by atoms with van der Waals surface area (Å²) in [6.45, 7) is 1.08. The Kier molecular flexibility index (Phi) is 6.52. The van der Waals surface area contributed by atoms with Crippen molar-refractivity contribution in [1.82, 2.24) is 15.1 Å². The van der Waals surface area contributed by atoms with Crippen LogP contribution in [0.25, 0.3) is 0 Å². The third kappa shape index (κ3) is 6.19. The molecule has 0 heterocycles. The zero-order chi connectivity index (χ0) is 15.0. The summed E-state index contributed by atoms with van der Waals surface area (Å²) in [4.78, 5) is 26.0. The van der Waals surface area contributed by atoms with Gasteiger partial charge in [0.05, 0.1) is 0 Å². The molecule has 0 aliphatic heterocycles. The lowest BCUT2D eigenvalue weighted by Crippen LogP contribution is -2.45. The summed E-state index contributed by atoms with van der Waals surface area (Å²) >= 11 is 0. The monoisotopic (exact) mass is 279 g/mol. The molecular weight excluding hydrogens is 258 g/mol. The maximum absolute atomic E-state index is 12.0. The van der Waals surface area contributed by atoms with E-state index in [1.807, 2.05) is 49.3 Å². The quantitative estimate of drug-likeness (QED) is 0.776. The normalized spacial score (nSPS) is 10.3. The van der Waals surface area contributed by atoms with Gasteiger partial charge in [-0.05, 0) is 19.7 Å². The standard InChI is InChI=1S/C14H21N3O3/c1-16(2)8-9-17(11-13(18)19)14(20)15-10-12-6-4-3-5-7-12/h3-7H,8-11H2,1-2H3,(H,15,20)(H,18,19). The lowest BCUT2D eigenvalue weighted by atomic mass is 10.2. The van der Waals surface area contributed by atoms with Crippen LogP contribution < -0.4 is 5.32 Å². The summed E-state index contributed by atoms with van der Waals surface area (Å²) in [5.41, 5.74) is 0.976. The average molecular weight is 279 g/mol. The van der Waals surface area contributed by atoms with Gasteiger partial charge in [0.2, 0.25) is 0 Å². The molecule has 0 bridgehead atoms. The van der Waals surface area contributed by atoms with E-state index >= 15 is 0 Å². The Hall–Kier alpha value is -2.08. The van der Waals surface area contributed by atoms with Crippen molar-refractivity contribution >= 4 is 12.0 Å². The van der Waals surface area contributed by atoms with Gasteiger partial charge in [-0.2, -0.15) is 0 Å². The highest BCUT2D eigenvalue weighted by atomic mass is 16.4. The molecule has 20 heavy (non-hydrogen) atoms. The average Bonchev–Trinajstić information content (AvgIpc) is 2.41. The number of urea groups is 1. The number of benzene rings is 1. The first-order chi connectivity index (χ1) is 9.49. The van der Waals surface area contributed by atoms with Crippen LogP contribution in [0.5, 0.6) is 0 Å². The molecule has 110 valence electrons. The zero-order valence-electron chi connectivity index (χ0n) is 11.9. The second kappa shape index (κ2) is 8.16. The second-order valence-corrected chi connectivity index (χ2v) is 4.76. The molecule has 6 heteroatoms. The highest BCUT2D eigenvalue weighted by molar-refractivity contribution is 5.80. The van der Waals surface area contributed by atoms with E-state index in [1.165, 1.54) is 4.90 Å². The van der Waals surface area contributed by atoms with Crippen LogP contribution in [0.15, 0.2) is 30.3 Å².